The SMILES string of the molecule is C=C1OC(=O)OC1(CC)CC. The molecule has 0 aliphatic carbocycles. The average molecular weight is 156 g/mol. The van der Waals surface area contributed by atoms with Gasteiger partial charge in [0.1, 0.15) is 5.76 Å². The Bertz CT molecular complexity index is 192. The van der Waals surface area contributed by atoms with E-state index in [4.69, 9.17) is 9.47 Å². The molecule has 1 fully saturated rings. The first-order valence-corrected chi connectivity index (χ1v) is 3.75. The molecule has 62 valence electrons. The summed E-state index contributed by atoms with van der Waals surface area (Å²) in [5, 5.41) is 0. The van der Waals surface area contributed by atoms with Crippen molar-refractivity contribution in [3.8, 4) is 0 Å². The van der Waals surface area contributed by atoms with Gasteiger partial charge in [0.25, 0.3) is 0 Å². The molecule has 0 radical (unpaired) electrons. The predicted molar refractivity (Wildman–Crippen MR) is 40.0 cm³/mol. The van der Waals surface area contributed by atoms with E-state index < -0.39 is 11.8 Å². The molecule has 0 atom stereocenters. The molecular formula is C8H12O3. The van der Waals surface area contributed by atoms with Gasteiger partial charge < -0.3 is 9.47 Å². The minimum absolute atomic E-state index is 0.438. The van der Waals surface area contributed by atoms with Crippen molar-refractivity contribution in [2.75, 3.05) is 0 Å². The quantitative estimate of drug-likeness (QED) is 0.575. The highest BCUT2D eigenvalue weighted by atomic mass is 16.8. The Labute approximate surface area is 66.0 Å². The van der Waals surface area contributed by atoms with E-state index in [-0.39, 0.29) is 0 Å². The lowest BCUT2D eigenvalue weighted by molar-refractivity contribution is 0.0600. The first-order valence-electron chi connectivity index (χ1n) is 3.75. The van der Waals surface area contributed by atoms with Crippen LogP contribution in [0.1, 0.15) is 26.7 Å². The summed E-state index contributed by atoms with van der Waals surface area (Å²) in [6.07, 6.45) is 0.806. The predicted octanol–water partition coefficient (Wildman–Crippen LogP) is 2.23. The number of carbonyl (C=O) groups excluding carboxylic acids is 1. The lowest BCUT2D eigenvalue weighted by Crippen LogP contribution is -2.27. The summed E-state index contributed by atoms with van der Waals surface area (Å²) in [6, 6.07) is 0. The second-order valence-corrected chi connectivity index (χ2v) is 2.58. The third kappa shape index (κ3) is 1.11. The lowest BCUT2D eigenvalue weighted by atomic mass is 9.96. The summed E-state index contributed by atoms with van der Waals surface area (Å²) in [4.78, 5) is 10.7. The van der Waals surface area contributed by atoms with Crippen LogP contribution >= 0.6 is 0 Å². The van der Waals surface area contributed by atoms with Gasteiger partial charge in [-0.2, -0.15) is 0 Å². The van der Waals surface area contributed by atoms with Crippen LogP contribution in [0.2, 0.25) is 0 Å². The Kier molecular flexibility index (Phi) is 1.89. The van der Waals surface area contributed by atoms with E-state index in [0.29, 0.717) is 18.6 Å². The van der Waals surface area contributed by atoms with Crippen LogP contribution in [0, 0.1) is 0 Å². The molecule has 0 unspecified atom stereocenters. The number of hydrogen-bond acceptors (Lipinski definition) is 3. The fourth-order valence-electron chi connectivity index (χ4n) is 1.22. The second-order valence-electron chi connectivity index (χ2n) is 2.58. The smallest absolute Gasteiger partial charge is 0.419 e. The largest absolute Gasteiger partial charge is 0.514 e. The first kappa shape index (κ1) is 8.11. The number of cyclic esters (lactones) is 2. The van der Waals surface area contributed by atoms with Crippen molar-refractivity contribution in [2.45, 2.75) is 32.3 Å². The van der Waals surface area contributed by atoms with E-state index >= 15 is 0 Å². The zero-order valence-electron chi connectivity index (χ0n) is 6.85. The van der Waals surface area contributed by atoms with E-state index in [2.05, 4.69) is 6.58 Å². The standard InChI is InChI=1S/C8H12O3/c1-4-8(5-2)6(3)10-7(9)11-8/h3-5H2,1-2H3. The maximum Gasteiger partial charge on any atom is 0.514 e. The molecule has 1 heterocycles. The van der Waals surface area contributed by atoms with Gasteiger partial charge in [-0.1, -0.05) is 20.4 Å². The van der Waals surface area contributed by atoms with Crippen LogP contribution in [0.5, 0.6) is 0 Å². The van der Waals surface area contributed by atoms with Gasteiger partial charge in [-0.15, -0.1) is 0 Å². The summed E-state index contributed by atoms with van der Waals surface area (Å²) >= 11 is 0. The van der Waals surface area contributed by atoms with Crippen LogP contribution in [-0.4, -0.2) is 11.8 Å². The topological polar surface area (TPSA) is 35.5 Å². The molecule has 1 aliphatic heterocycles. The van der Waals surface area contributed by atoms with Gasteiger partial charge in [0.15, 0.2) is 5.60 Å². The molecule has 11 heavy (non-hydrogen) atoms. The van der Waals surface area contributed by atoms with Crippen molar-refractivity contribution in [2.24, 2.45) is 0 Å². The summed E-state index contributed by atoms with van der Waals surface area (Å²) in [6.45, 7) is 7.51. The normalized spacial score (nSPS) is 21.3. The fourth-order valence-corrected chi connectivity index (χ4v) is 1.22. The minimum Gasteiger partial charge on any atom is -0.419 e. The fraction of sp³-hybridized carbons (Fsp3) is 0.625. The molecule has 0 aromatic heterocycles. The minimum atomic E-state index is -0.626. The maximum atomic E-state index is 10.7. The zero-order chi connectivity index (χ0) is 8.48. The Morgan fingerprint density at radius 3 is 2.18 bits per heavy atom. The van der Waals surface area contributed by atoms with Gasteiger partial charge in [0.2, 0.25) is 0 Å². The number of hydrogen-bond donors (Lipinski definition) is 0. The third-order valence-corrected chi connectivity index (χ3v) is 2.14. The van der Waals surface area contributed by atoms with Crippen molar-refractivity contribution in [3.63, 3.8) is 0 Å². The maximum absolute atomic E-state index is 10.7. The van der Waals surface area contributed by atoms with E-state index in [0.717, 1.165) is 0 Å². The van der Waals surface area contributed by atoms with Crippen LogP contribution in [-0.2, 0) is 9.47 Å². The van der Waals surface area contributed by atoms with Gasteiger partial charge in [-0.05, 0) is 12.8 Å². The van der Waals surface area contributed by atoms with Crippen LogP contribution in [0.3, 0.4) is 0 Å². The van der Waals surface area contributed by atoms with Crippen LogP contribution in [0.4, 0.5) is 4.79 Å². The van der Waals surface area contributed by atoms with Crippen molar-refractivity contribution in [1.82, 2.24) is 0 Å². The van der Waals surface area contributed by atoms with Crippen molar-refractivity contribution in [3.05, 3.63) is 12.3 Å². The molecule has 0 amide bonds. The molecule has 0 spiro atoms. The Morgan fingerprint density at radius 2 is 2.00 bits per heavy atom. The van der Waals surface area contributed by atoms with Crippen molar-refractivity contribution < 1.29 is 14.3 Å². The highest BCUT2D eigenvalue weighted by Gasteiger charge is 2.43. The number of carbonyl (C=O) groups is 1. The van der Waals surface area contributed by atoms with Crippen LogP contribution in [0.15, 0.2) is 12.3 Å². The molecule has 0 aromatic rings. The van der Waals surface area contributed by atoms with E-state index in [1.54, 1.807) is 0 Å². The van der Waals surface area contributed by atoms with Crippen LogP contribution < -0.4 is 0 Å². The molecule has 0 bridgehead atoms. The van der Waals surface area contributed by atoms with Gasteiger partial charge in [-0.3, -0.25) is 0 Å². The second kappa shape index (κ2) is 2.57. The summed E-state index contributed by atoms with van der Waals surface area (Å²) in [7, 11) is 0. The number of rotatable bonds is 2. The first-order chi connectivity index (χ1) is 5.14. The van der Waals surface area contributed by atoms with E-state index in [1.807, 2.05) is 13.8 Å². The summed E-state index contributed by atoms with van der Waals surface area (Å²) < 4.78 is 9.70. The van der Waals surface area contributed by atoms with Gasteiger partial charge in [0.05, 0.1) is 0 Å². The van der Waals surface area contributed by atoms with Crippen LogP contribution in [0.25, 0.3) is 0 Å². The molecular weight excluding hydrogens is 144 g/mol. The molecule has 0 saturated carbocycles. The zero-order valence-corrected chi connectivity index (χ0v) is 6.85. The molecule has 1 saturated heterocycles. The molecule has 3 heteroatoms. The van der Waals surface area contributed by atoms with E-state index in [1.165, 1.54) is 0 Å². The molecule has 1 rings (SSSR count). The highest BCUT2D eigenvalue weighted by molar-refractivity contribution is 5.66. The molecule has 3 nitrogen and oxygen atoms in total. The van der Waals surface area contributed by atoms with Gasteiger partial charge >= 0.3 is 6.16 Å². The Hall–Kier alpha value is -0.990. The van der Waals surface area contributed by atoms with Gasteiger partial charge in [-0.25, -0.2) is 4.79 Å². The molecule has 0 aromatic carbocycles. The Balaban J connectivity index is 2.84. The molecule has 0 N–H and O–H groups in total. The average Bonchev–Trinajstić information content (AvgIpc) is 2.27. The number of ether oxygens (including phenoxy) is 2. The third-order valence-electron chi connectivity index (χ3n) is 2.14. The van der Waals surface area contributed by atoms with E-state index in [9.17, 15) is 4.79 Å². The van der Waals surface area contributed by atoms with Crippen molar-refractivity contribution in [1.29, 1.82) is 0 Å². The van der Waals surface area contributed by atoms with Gasteiger partial charge in [0, 0.05) is 0 Å². The summed E-state index contributed by atoms with van der Waals surface area (Å²) in [5.41, 5.74) is -0.558. The summed E-state index contributed by atoms with van der Waals surface area (Å²) in [5.74, 6) is 0.438. The Morgan fingerprint density at radius 1 is 1.45 bits per heavy atom. The monoisotopic (exact) mass is 156 g/mol. The lowest BCUT2D eigenvalue weighted by Gasteiger charge is -2.21. The highest BCUT2D eigenvalue weighted by Crippen LogP contribution is 2.35. The van der Waals surface area contributed by atoms with Crippen molar-refractivity contribution >= 4 is 6.16 Å². The molecule has 1 aliphatic rings.